The Morgan fingerprint density at radius 2 is 1.79 bits per heavy atom. The van der Waals surface area contributed by atoms with Crippen LogP contribution < -0.4 is 21.3 Å². The van der Waals surface area contributed by atoms with Gasteiger partial charge < -0.3 is 35.4 Å². The molecule has 0 radical (unpaired) electrons. The third-order valence-corrected chi connectivity index (χ3v) is 7.64. The van der Waals surface area contributed by atoms with Gasteiger partial charge in [-0.05, 0) is 62.1 Å². The van der Waals surface area contributed by atoms with Gasteiger partial charge in [0.15, 0.2) is 0 Å². The zero-order valence-corrected chi connectivity index (χ0v) is 29.1. The Morgan fingerprint density at radius 1 is 1.04 bits per heavy atom. The Bertz CT molecular complexity index is 1610. The smallest absolute Gasteiger partial charge is 0.412 e. The number of hydrogen-bond acceptors (Lipinski definition) is 8. The predicted octanol–water partition coefficient (Wildman–Crippen LogP) is 4.60. The number of aliphatic hydroxyl groups excluding tert-OH is 1. The van der Waals surface area contributed by atoms with E-state index < -0.39 is 66.7 Å². The van der Waals surface area contributed by atoms with Gasteiger partial charge in [0.2, 0.25) is 5.91 Å². The molecule has 0 saturated heterocycles. The number of hydrogen-bond donors (Lipinski definition) is 5. The second-order valence-corrected chi connectivity index (χ2v) is 12.5. The first-order chi connectivity index (χ1) is 22.7. The lowest BCUT2D eigenvalue weighted by atomic mass is 10.1. The van der Waals surface area contributed by atoms with Crippen LogP contribution in [0, 0.1) is 11.6 Å². The van der Waals surface area contributed by atoms with Crippen LogP contribution >= 0.6 is 22.6 Å². The molecule has 0 unspecified atom stereocenters. The summed E-state index contributed by atoms with van der Waals surface area (Å²) in [4.78, 5) is 56.2. The first kappa shape index (κ1) is 38.1. The summed E-state index contributed by atoms with van der Waals surface area (Å²) in [5, 5.41) is 21.0. The van der Waals surface area contributed by atoms with Gasteiger partial charge >= 0.3 is 18.2 Å². The number of rotatable bonds is 13. The number of carbonyl (C=O) groups excluding carboxylic acids is 4. The predicted molar refractivity (Wildman–Crippen MR) is 182 cm³/mol. The number of nitrogens with one attached hydrogen (secondary N) is 4. The van der Waals surface area contributed by atoms with Crippen molar-refractivity contribution in [2.75, 3.05) is 32.1 Å². The third-order valence-electron chi connectivity index (χ3n) is 6.88. The van der Waals surface area contributed by atoms with E-state index in [1.165, 1.54) is 48.5 Å². The first-order valence-electron chi connectivity index (χ1n) is 14.9. The van der Waals surface area contributed by atoms with Crippen molar-refractivity contribution in [2.45, 2.75) is 55.8 Å². The number of likely N-dealkylation sites (N-methyl/N-ethyl adjacent to an activating group) is 1. The molecular weight excluding hydrogens is 745 g/mol. The van der Waals surface area contributed by atoms with Crippen molar-refractivity contribution in [3.05, 3.63) is 71.4 Å². The Morgan fingerprint density at radius 3 is 2.48 bits per heavy atom. The Kier molecular flexibility index (Phi) is 14.1. The number of nitrogens with zero attached hydrogens (tertiary/aromatic N) is 2. The van der Waals surface area contributed by atoms with Crippen LogP contribution in [0.15, 0.2) is 48.7 Å². The van der Waals surface area contributed by atoms with Crippen LogP contribution in [0.25, 0.3) is 10.8 Å². The molecule has 48 heavy (non-hydrogen) atoms. The molecule has 0 saturated carbocycles. The van der Waals surface area contributed by atoms with E-state index >= 15 is 0 Å². The van der Waals surface area contributed by atoms with Crippen molar-refractivity contribution in [3.8, 4) is 0 Å². The van der Waals surface area contributed by atoms with Gasteiger partial charge in [-0.3, -0.25) is 10.1 Å². The molecule has 0 aliphatic rings. The van der Waals surface area contributed by atoms with Crippen molar-refractivity contribution in [2.24, 2.45) is 0 Å². The average molecular weight is 785 g/mol. The van der Waals surface area contributed by atoms with Crippen LogP contribution in [0.2, 0.25) is 0 Å². The quantitative estimate of drug-likeness (QED) is 0.124. The first-order valence-corrected chi connectivity index (χ1v) is 16.4. The van der Waals surface area contributed by atoms with Gasteiger partial charge in [0.25, 0.3) is 0 Å². The number of amides is 5. The number of pyridine rings is 1. The fourth-order valence-corrected chi connectivity index (χ4v) is 5.19. The zero-order valence-electron chi connectivity index (χ0n) is 26.9. The van der Waals surface area contributed by atoms with Crippen LogP contribution in [0.4, 0.5) is 29.0 Å². The second-order valence-electron chi connectivity index (χ2n) is 11.8. The van der Waals surface area contributed by atoms with Gasteiger partial charge in [0.05, 0.1) is 25.1 Å². The monoisotopic (exact) mass is 784 g/mol. The van der Waals surface area contributed by atoms with Crippen molar-refractivity contribution in [1.29, 1.82) is 0 Å². The van der Waals surface area contributed by atoms with E-state index in [2.05, 4.69) is 26.3 Å². The summed E-state index contributed by atoms with van der Waals surface area (Å²) in [5.74, 6) is -1.35. The largest absolute Gasteiger partial charge is 0.447 e. The number of anilines is 1. The maximum atomic E-state index is 14.2. The summed E-state index contributed by atoms with van der Waals surface area (Å²) >= 11 is 2.03. The molecule has 2 aromatic carbocycles. The molecule has 0 spiro atoms. The summed E-state index contributed by atoms with van der Waals surface area (Å²) in [6, 6.07) is 7.65. The lowest BCUT2D eigenvalue weighted by Crippen LogP contribution is -2.50. The Hall–Kier alpha value is -4.32. The zero-order chi connectivity index (χ0) is 35.4. The SMILES string of the molecule is CN(C(=O)NCc1cccc(F)c1CI)[C@H](COC(=O)Nc1cc2cc(F)ccc2cn1)CC(=O)NC[C@H](CO)NC(=O)OC(C)(C)C. The number of alkyl halides is 1. The number of alkyl carbamates (subject to hydrolysis) is 1. The lowest BCUT2D eigenvalue weighted by molar-refractivity contribution is -0.122. The van der Waals surface area contributed by atoms with Crippen molar-refractivity contribution < 1.29 is 42.5 Å². The van der Waals surface area contributed by atoms with Gasteiger partial charge in [0.1, 0.15) is 29.7 Å². The minimum absolute atomic E-state index is 0.00225. The third kappa shape index (κ3) is 12.0. The lowest BCUT2D eigenvalue weighted by Gasteiger charge is -2.28. The highest BCUT2D eigenvalue weighted by molar-refractivity contribution is 14.1. The average Bonchev–Trinajstić information content (AvgIpc) is 3.02. The maximum Gasteiger partial charge on any atom is 0.412 e. The molecule has 5 N–H and O–H groups in total. The van der Waals surface area contributed by atoms with Crippen molar-refractivity contribution in [1.82, 2.24) is 25.8 Å². The Labute approximate surface area is 290 Å². The number of halogens is 3. The number of benzene rings is 2. The van der Waals surface area contributed by atoms with Crippen LogP contribution in [-0.2, 0) is 25.2 Å². The van der Waals surface area contributed by atoms with Crippen molar-refractivity contribution >= 4 is 63.3 Å². The van der Waals surface area contributed by atoms with Crippen LogP contribution in [0.1, 0.15) is 38.3 Å². The van der Waals surface area contributed by atoms with Crippen LogP contribution in [0.5, 0.6) is 0 Å². The maximum absolute atomic E-state index is 14.2. The van der Waals surface area contributed by atoms with Crippen LogP contribution in [-0.4, -0.2) is 83.6 Å². The highest BCUT2D eigenvalue weighted by Gasteiger charge is 2.26. The molecule has 0 aliphatic carbocycles. The summed E-state index contributed by atoms with van der Waals surface area (Å²) < 4.78 is 38.8. The standard InChI is InChI=1S/C32H39F2IN6O7/c1-32(2,3)48-31(46)39-23(17-42)16-37-28(43)12-24(41(4)29(44)38-15-20-6-5-7-26(34)25(20)13-35)18-47-30(45)40-27-11-21-10-22(33)9-8-19(21)14-36-27/h5-11,14,23-24,42H,12-13,15-18H2,1-4H3,(H,37,43)(H,38,44)(H,39,46)(H,36,40,45)/t23-,24+/m1/s1. The topological polar surface area (TPSA) is 171 Å². The van der Waals surface area contributed by atoms with Gasteiger partial charge in [-0.2, -0.15) is 0 Å². The van der Waals surface area contributed by atoms with Gasteiger partial charge in [-0.25, -0.2) is 28.1 Å². The van der Waals surface area contributed by atoms with Crippen LogP contribution in [0.3, 0.4) is 0 Å². The molecule has 1 heterocycles. The summed E-state index contributed by atoms with van der Waals surface area (Å²) in [5.41, 5.74) is 0.249. The number of fused-ring (bicyclic) bond motifs is 1. The summed E-state index contributed by atoms with van der Waals surface area (Å²) in [7, 11) is 1.40. The number of carbonyl (C=O) groups is 4. The van der Waals surface area contributed by atoms with E-state index in [9.17, 15) is 33.1 Å². The van der Waals surface area contributed by atoms with Gasteiger partial charge in [-0.1, -0.05) is 34.7 Å². The fourth-order valence-electron chi connectivity index (χ4n) is 4.34. The molecule has 1 aromatic heterocycles. The Balaban J connectivity index is 1.67. The van der Waals surface area contributed by atoms with Gasteiger partial charge in [-0.15, -0.1) is 0 Å². The molecule has 0 bridgehead atoms. The summed E-state index contributed by atoms with van der Waals surface area (Å²) in [6.45, 7) is 3.95. The van der Waals surface area contributed by atoms with E-state index in [1.807, 2.05) is 22.6 Å². The molecule has 3 rings (SSSR count). The molecule has 2 atom stereocenters. The number of aromatic nitrogens is 1. The summed E-state index contributed by atoms with van der Waals surface area (Å²) in [6.07, 6.45) is -0.603. The molecule has 0 aliphatic heterocycles. The molecule has 3 aromatic rings. The number of ether oxygens (including phenoxy) is 2. The fraction of sp³-hybridized carbons (Fsp3) is 0.406. The number of aliphatic hydroxyl groups is 1. The number of urea groups is 1. The van der Waals surface area contributed by atoms with Crippen molar-refractivity contribution in [3.63, 3.8) is 0 Å². The molecule has 16 heteroatoms. The molecule has 5 amide bonds. The minimum Gasteiger partial charge on any atom is -0.447 e. The highest BCUT2D eigenvalue weighted by atomic mass is 127. The molecule has 13 nitrogen and oxygen atoms in total. The molecule has 260 valence electrons. The van der Waals surface area contributed by atoms with E-state index in [1.54, 1.807) is 32.9 Å². The van der Waals surface area contributed by atoms with E-state index in [0.717, 1.165) is 0 Å². The van der Waals surface area contributed by atoms with E-state index in [0.29, 0.717) is 26.3 Å². The van der Waals surface area contributed by atoms with E-state index in [-0.39, 0.29) is 25.3 Å². The van der Waals surface area contributed by atoms with Gasteiger partial charge in [0, 0.05) is 41.7 Å². The minimum atomic E-state index is -0.989. The van der Waals surface area contributed by atoms with E-state index in [4.69, 9.17) is 9.47 Å². The second kappa shape index (κ2) is 17.7. The normalized spacial score (nSPS) is 12.4. The highest BCUT2D eigenvalue weighted by Crippen LogP contribution is 2.19. The molecule has 0 fully saturated rings. The molecular formula is C32H39F2IN6O7.